The lowest BCUT2D eigenvalue weighted by Crippen LogP contribution is -2.26. The number of alkyl halides is 3. The molecule has 0 radical (unpaired) electrons. The minimum Gasteiger partial charge on any atom is -0.381 e. The van der Waals surface area contributed by atoms with Gasteiger partial charge in [0.15, 0.2) is 5.78 Å². The zero-order valence-electron chi connectivity index (χ0n) is 10.4. The molecule has 1 aromatic rings. The van der Waals surface area contributed by atoms with Crippen molar-refractivity contribution in [3.63, 3.8) is 0 Å². The lowest BCUT2D eigenvalue weighted by Gasteiger charge is -2.21. The molecule has 1 aromatic carbocycles. The van der Waals surface area contributed by atoms with Crippen molar-refractivity contribution in [1.82, 2.24) is 0 Å². The first-order chi connectivity index (χ1) is 8.03. The van der Waals surface area contributed by atoms with Crippen LogP contribution >= 0.6 is 0 Å². The number of carbonyl (C=O) groups is 1. The molecule has 0 fully saturated rings. The predicted molar refractivity (Wildman–Crippen MR) is 60.9 cm³/mol. The molecule has 0 heterocycles. The highest BCUT2D eigenvalue weighted by atomic mass is 19.4. The average molecular weight is 260 g/mol. The van der Waals surface area contributed by atoms with Gasteiger partial charge in [-0.25, -0.2) is 0 Å². The van der Waals surface area contributed by atoms with Crippen molar-refractivity contribution >= 4 is 5.78 Å². The van der Waals surface area contributed by atoms with Crippen molar-refractivity contribution in [3.05, 3.63) is 35.4 Å². The van der Waals surface area contributed by atoms with Gasteiger partial charge in [-0.3, -0.25) is 4.79 Å². The number of aliphatic hydroxyl groups excluding tert-OH is 1. The topological polar surface area (TPSA) is 37.3 Å². The zero-order chi connectivity index (χ0) is 14.1. The van der Waals surface area contributed by atoms with E-state index in [0.717, 1.165) is 24.3 Å². The minimum absolute atomic E-state index is 0.169. The Morgan fingerprint density at radius 3 is 1.89 bits per heavy atom. The molecule has 0 bridgehead atoms. The van der Waals surface area contributed by atoms with Gasteiger partial charge in [0.05, 0.1) is 5.56 Å². The van der Waals surface area contributed by atoms with E-state index in [0.29, 0.717) is 0 Å². The van der Waals surface area contributed by atoms with E-state index in [9.17, 15) is 23.1 Å². The molecule has 100 valence electrons. The first kappa shape index (κ1) is 14.7. The molecule has 18 heavy (non-hydrogen) atoms. The molecule has 0 aliphatic heterocycles. The molecule has 0 aliphatic rings. The smallest absolute Gasteiger partial charge is 0.381 e. The van der Waals surface area contributed by atoms with Crippen molar-refractivity contribution in [2.24, 2.45) is 5.41 Å². The second-order valence-corrected chi connectivity index (χ2v) is 5.14. The number of rotatable bonds is 2. The van der Waals surface area contributed by atoms with E-state index in [1.165, 1.54) is 0 Å². The fourth-order valence-electron chi connectivity index (χ4n) is 1.42. The second kappa shape index (κ2) is 4.72. The Morgan fingerprint density at radius 1 is 1.11 bits per heavy atom. The van der Waals surface area contributed by atoms with Crippen LogP contribution in [0.4, 0.5) is 13.2 Å². The summed E-state index contributed by atoms with van der Waals surface area (Å²) in [5.74, 6) is -0.428. The first-order valence-electron chi connectivity index (χ1n) is 5.43. The van der Waals surface area contributed by atoms with Crippen LogP contribution in [0.2, 0.25) is 0 Å². The Labute approximate surface area is 103 Å². The van der Waals surface area contributed by atoms with Crippen LogP contribution in [0, 0.1) is 5.41 Å². The molecule has 5 heteroatoms. The summed E-state index contributed by atoms with van der Waals surface area (Å²) >= 11 is 0. The summed E-state index contributed by atoms with van der Waals surface area (Å²) in [6.07, 6.45) is -5.82. The van der Waals surface area contributed by atoms with Crippen LogP contribution in [0.25, 0.3) is 0 Å². The average Bonchev–Trinajstić information content (AvgIpc) is 2.25. The number of carbonyl (C=O) groups excluding carboxylic acids is 1. The zero-order valence-corrected chi connectivity index (χ0v) is 10.4. The number of Topliss-reactive ketones (excluding diaryl/α,β-unsaturated/α-hetero) is 1. The molecule has 1 N–H and O–H groups in total. The molecule has 0 saturated carbocycles. The van der Waals surface area contributed by atoms with Gasteiger partial charge in [0, 0.05) is 5.41 Å². The molecule has 1 unspecified atom stereocenters. The summed E-state index contributed by atoms with van der Waals surface area (Å²) in [4.78, 5) is 11.8. The third kappa shape index (κ3) is 3.32. The molecule has 1 rings (SSSR count). The van der Waals surface area contributed by atoms with Crippen LogP contribution in [0.15, 0.2) is 24.3 Å². The normalized spacial score (nSPS) is 14.4. The Kier molecular flexibility index (Phi) is 3.86. The number of hydrogen-bond acceptors (Lipinski definition) is 2. The number of halogens is 3. The lowest BCUT2D eigenvalue weighted by molar-refractivity contribution is -0.137. The SMILES string of the molecule is CC(C)(C)C(=O)C(O)c1ccc(C(F)(F)F)cc1. The predicted octanol–water partition coefficient (Wildman–Crippen LogP) is 3.35. The molecular formula is C13H15F3O2. The van der Waals surface area contributed by atoms with Crippen molar-refractivity contribution < 1.29 is 23.1 Å². The highest BCUT2D eigenvalue weighted by Gasteiger charge is 2.32. The van der Waals surface area contributed by atoms with E-state index >= 15 is 0 Å². The fourth-order valence-corrected chi connectivity index (χ4v) is 1.42. The van der Waals surface area contributed by atoms with Gasteiger partial charge < -0.3 is 5.11 Å². The molecule has 0 aromatic heterocycles. The maximum atomic E-state index is 12.3. The monoisotopic (exact) mass is 260 g/mol. The standard InChI is InChI=1S/C13H15F3O2/c1-12(2,3)11(18)10(17)8-4-6-9(7-5-8)13(14,15)16/h4-7,10,17H,1-3H3. The summed E-state index contributed by atoms with van der Waals surface area (Å²) < 4.78 is 37.0. The van der Waals surface area contributed by atoms with Gasteiger partial charge in [0.25, 0.3) is 0 Å². The van der Waals surface area contributed by atoms with Gasteiger partial charge in [0.2, 0.25) is 0 Å². The molecular weight excluding hydrogens is 245 g/mol. The highest BCUT2D eigenvalue weighted by Crippen LogP contribution is 2.31. The van der Waals surface area contributed by atoms with Crippen LogP contribution < -0.4 is 0 Å². The molecule has 0 spiro atoms. The Morgan fingerprint density at radius 2 is 1.56 bits per heavy atom. The summed E-state index contributed by atoms with van der Waals surface area (Å²) in [6.45, 7) is 4.92. The van der Waals surface area contributed by atoms with Gasteiger partial charge in [-0.1, -0.05) is 32.9 Å². The third-order valence-corrected chi connectivity index (χ3v) is 2.54. The van der Waals surface area contributed by atoms with Gasteiger partial charge in [0.1, 0.15) is 6.10 Å². The Hall–Kier alpha value is -1.36. The van der Waals surface area contributed by atoms with Crippen molar-refractivity contribution in [1.29, 1.82) is 0 Å². The summed E-state index contributed by atoms with van der Waals surface area (Å²) in [6, 6.07) is 3.96. The molecule has 1 atom stereocenters. The van der Waals surface area contributed by atoms with Crippen molar-refractivity contribution in [2.45, 2.75) is 33.1 Å². The second-order valence-electron chi connectivity index (χ2n) is 5.14. The van der Waals surface area contributed by atoms with E-state index in [4.69, 9.17) is 0 Å². The van der Waals surface area contributed by atoms with Crippen LogP contribution in [-0.4, -0.2) is 10.9 Å². The number of hydrogen-bond donors (Lipinski definition) is 1. The minimum atomic E-state index is -4.42. The Balaban J connectivity index is 2.96. The highest BCUT2D eigenvalue weighted by molar-refractivity contribution is 5.88. The van der Waals surface area contributed by atoms with E-state index in [-0.39, 0.29) is 5.56 Å². The van der Waals surface area contributed by atoms with Crippen LogP contribution in [0.5, 0.6) is 0 Å². The van der Waals surface area contributed by atoms with Crippen LogP contribution in [0.1, 0.15) is 38.0 Å². The quantitative estimate of drug-likeness (QED) is 0.885. The van der Waals surface area contributed by atoms with Gasteiger partial charge in [-0.15, -0.1) is 0 Å². The summed E-state index contributed by atoms with van der Waals surface area (Å²) in [5.41, 5.74) is -1.38. The van der Waals surface area contributed by atoms with E-state index in [1.807, 2.05) is 0 Å². The van der Waals surface area contributed by atoms with Gasteiger partial charge in [-0.05, 0) is 17.7 Å². The van der Waals surface area contributed by atoms with E-state index < -0.39 is 29.0 Å². The van der Waals surface area contributed by atoms with Gasteiger partial charge in [-0.2, -0.15) is 13.2 Å². The molecule has 2 nitrogen and oxygen atoms in total. The largest absolute Gasteiger partial charge is 0.416 e. The number of benzene rings is 1. The third-order valence-electron chi connectivity index (χ3n) is 2.54. The molecule has 0 aliphatic carbocycles. The van der Waals surface area contributed by atoms with Gasteiger partial charge >= 0.3 is 6.18 Å². The Bertz CT molecular complexity index is 427. The first-order valence-corrected chi connectivity index (χ1v) is 5.43. The summed E-state index contributed by atoms with van der Waals surface area (Å²) in [5, 5.41) is 9.79. The van der Waals surface area contributed by atoms with Crippen molar-refractivity contribution in [3.8, 4) is 0 Å². The summed E-state index contributed by atoms with van der Waals surface area (Å²) in [7, 11) is 0. The van der Waals surface area contributed by atoms with E-state index in [2.05, 4.69) is 0 Å². The maximum Gasteiger partial charge on any atom is 0.416 e. The molecule has 0 saturated heterocycles. The molecule has 0 amide bonds. The van der Waals surface area contributed by atoms with Crippen LogP contribution in [0.3, 0.4) is 0 Å². The number of ketones is 1. The lowest BCUT2D eigenvalue weighted by atomic mass is 9.85. The fraction of sp³-hybridized carbons (Fsp3) is 0.462. The van der Waals surface area contributed by atoms with Crippen molar-refractivity contribution in [2.75, 3.05) is 0 Å². The maximum absolute atomic E-state index is 12.3. The van der Waals surface area contributed by atoms with E-state index in [1.54, 1.807) is 20.8 Å². The van der Waals surface area contributed by atoms with Crippen LogP contribution in [-0.2, 0) is 11.0 Å². The number of aliphatic hydroxyl groups is 1.